The summed E-state index contributed by atoms with van der Waals surface area (Å²) in [5.41, 5.74) is 12.3. The van der Waals surface area contributed by atoms with Gasteiger partial charge in [0, 0.05) is 31.9 Å². The number of hydrogen-bond acceptors (Lipinski definition) is 11. The Morgan fingerprint density at radius 3 is 2.62 bits per heavy atom. The highest BCUT2D eigenvalue weighted by Gasteiger charge is 2.29. The highest BCUT2D eigenvalue weighted by molar-refractivity contribution is 5.72. The normalized spacial score (nSPS) is 19.1. The third-order valence-electron chi connectivity index (χ3n) is 5.41. The largest absolute Gasteiger partial charge is 0.472 e. The summed E-state index contributed by atoms with van der Waals surface area (Å²) in [7, 11) is 0. The predicted molar refractivity (Wildman–Crippen MR) is 126 cm³/mol. The van der Waals surface area contributed by atoms with Gasteiger partial charge in [0.05, 0.1) is 31.0 Å². The van der Waals surface area contributed by atoms with Crippen LogP contribution in [0, 0.1) is 0 Å². The monoisotopic (exact) mass is 472 g/mol. The summed E-state index contributed by atoms with van der Waals surface area (Å²) < 4.78 is 17.2. The number of nitrogens with zero attached hydrogens (tertiary/aromatic N) is 6. The van der Waals surface area contributed by atoms with Gasteiger partial charge in [-0.2, -0.15) is 9.97 Å². The first kappa shape index (κ1) is 23.7. The molecule has 0 unspecified atom stereocenters. The van der Waals surface area contributed by atoms with Crippen LogP contribution in [0.25, 0.3) is 11.3 Å². The zero-order chi connectivity index (χ0) is 24.3. The van der Waals surface area contributed by atoms with Crippen LogP contribution >= 0.6 is 0 Å². The molecule has 2 aromatic rings. The number of hydrogen-bond donors (Lipinski definition) is 2. The van der Waals surface area contributed by atoms with Gasteiger partial charge in [0.2, 0.25) is 17.8 Å². The van der Waals surface area contributed by atoms with Crippen LogP contribution in [0.4, 0.5) is 22.5 Å². The van der Waals surface area contributed by atoms with Gasteiger partial charge in [0.25, 0.3) is 0 Å². The molecule has 0 bridgehead atoms. The summed E-state index contributed by atoms with van der Waals surface area (Å²) in [6.07, 6.45) is 2.55. The fourth-order valence-corrected chi connectivity index (χ4v) is 3.82. The molecule has 34 heavy (non-hydrogen) atoms. The van der Waals surface area contributed by atoms with Crippen molar-refractivity contribution in [2.75, 3.05) is 55.8 Å². The Labute approximate surface area is 198 Å². The number of rotatable bonds is 4. The second-order valence-electron chi connectivity index (χ2n) is 9.33. The maximum atomic E-state index is 12.5. The first-order valence-corrected chi connectivity index (χ1v) is 11.4. The van der Waals surface area contributed by atoms with Crippen molar-refractivity contribution in [3.63, 3.8) is 0 Å². The van der Waals surface area contributed by atoms with Crippen molar-refractivity contribution in [1.29, 1.82) is 0 Å². The van der Waals surface area contributed by atoms with Gasteiger partial charge >= 0.3 is 6.09 Å². The molecule has 0 radical (unpaired) electrons. The Bertz CT molecular complexity index is 1020. The van der Waals surface area contributed by atoms with E-state index in [4.69, 9.17) is 25.7 Å². The molecule has 4 heterocycles. The van der Waals surface area contributed by atoms with Crippen molar-refractivity contribution in [3.8, 4) is 17.1 Å². The lowest BCUT2D eigenvalue weighted by molar-refractivity contribution is 0.00721. The van der Waals surface area contributed by atoms with Gasteiger partial charge < -0.3 is 35.5 Å². The van der Waals surface area contributed by atoms with E-state index < -0.39 is 5.60 Å². The van der Waals surface area contributed by atoms with E-state index in [9.17, 15) is 4.79 Å². The van der Waals surface area contributed by atoms with Crippen molar-refractivity contribution < 1.29 is 19.0 Å². The van der Waals surface area contributed by atoms with E-state index in [1.807, 2.05) is 25.7 Å². The number of piperidine rings is 1. The van der Waals surface area contributed by atoms with Crippen LogP contribution in [0.2, 0.25) is 0 Å². The number of morpholine rings is 1. The Balaban J connectivity index is 1.58. The van der Waals surface area contributed by atoms with Crippen LogP contribution in [-0.4, -0.2) is 82.0 Å². The van der Waals surface area contributed by atoms with E-state index in [0.29, 0.717) is 62.5 Å². The molecule has 2 aliphatic heterocycles. The number of amides is 1. The summed E-state index contributed by atoms with van der Waals surface area (Å²) >= 11 is 0. The van der Waals surface area contributed by atoms with E-state index in [0.717, 1.165) is 12.8 Å². The van der Waals surface area contributed by atoms with Crippen LogP contribution in [0.1, 0.15) is 33.6 Å². The molecule has 1 atom stereocenters. The van der Waals surface area contributed by atoms with Crippen LogP contribution in [0.5, 0.6) is 5.88 Å². The molecule has 0 aliphatic carbocycles. The number of nitrogens with two attached hydrogens (primary N) is 2. The number of anilines is 3. The lowest BCUT2D eigenvalue weighted by atomic mass is 10.1. The van der Waals surface area contributed by atoms with E-state index in [1.54, 1.807) is 11.0 Å². The SMILES string of the molecule is CC(C)(C)OC(=O)N1CCC[C@@H](Oc2cc(-c3cnc(N)nc3N)nc(N3CCOCC3)n2)C1. The average molecular weight is 473 g/mol. The van der Waals surface area contributed by atoms with Crippen LogP contribution < -0.4 is 21.1 Å². The molecule has 12 heteroatoms. The standard InChI is InChI=1S/C22H32N8O4/c1-22(2,3)34-21(31)30-6-4-5-14(13-30)33-17-11-16(15-12-25-19(24)28-18(15)23)26-20(27-17)29-7-9-32-10-8-29/h11-12,14H,4-10,13H2,1-3H3,(H4,23,24,25,28)/t14-/m1/s1. The van der Waals surface area contributed by atoms with Gasteiger partial charge in [-0.25, -0.2) is 14.8 Å². The number of aromatic nitrogens is 4. The molecular weight excluding hydrogens is 440 g/mol. The number of nitrogen functional groups attached to an aromatic ring is 2. The molecule has 0 aromatic carbocycles. The van der Waals surface area contributed by atoms with E-state index >= 15 is 0 Å². The molecule has 1 amide bonds. The molecule has 0 saturated carbocycles. The molecule has 184 valence electrons. The number of carbonyl (C=O) groups is 1. The smallest absolute Gasteiger partial charge is 0.410 e. The van der Waals surface area contributed by atoms with Gasteiger partial charge in [-0.3, -0.25) is 0 Å². The minimum atomic E-state index is -0.555. The summed E-state index contributed by atoms with van der Waals surface area (Å²) in [4.78, 5) is 33.7. The number of ether oxygens (including phenoxy) is 3. The number of likely N-dealkylation sites (tertiary alicyclic amines) is 1. The molecule has 4 N–H and O–H groups in total. The van der Waals surface area contributed by atoms with Gasteiger partial charge in [-0.1, -0.05) is 0 Å². The predicted octanol–water partition coefficient (Wildman–Crippen LogP) is 1.71. The minimum Gasteiger partial charge on any atom is -0.472 e. The highest BCUT2D eigenvalue weighted by Crippen LogP contribution is 2.29. The van der Waals surface area contributed by atoms with Crippen LogP contribution in [-0.2, 0) is 9.47 Å². The quantitative estimate of drug-likeness (QED) is 0.668. The van der Waals surface area contributed by atoms with Crippen molar-refractivity contribution in [3.05, 3.63) is 12.3 Å². The molecular formula is C22H32N8O4. The molecule has 2 saturated heterocycles. The Kier molecular flexibility index (Phi) is 6.87. The third-order valence-corrected chi connectivity index (χ3v) is 5.41. The summed E-state index contributed by atoms with van der Waals surface area (Å²) in [5, 5.41) is 0. The van der Waals surface area contributed by atoms with Gasteiger partial charge in [-0.15, -0.1) is 0 Å². The van der Waals surface area contributed by atoms with Gasteiger partial charge in [0.1, 0.15) is 17.5 Å². The Hall–Kier alpha value is -3.41. The van der Waals surface area contributed by atoms with Crippen LogP contribution in [0.3, 0.4) is 0 Å². The second-order valence-corrected chi connectivity index (χ2v) is 9.33. The summed E-state index contributed by atoms with van der Waals surface area (Å²) in [6.45, 7) is 9.09. The zero-order valence-corrected chi connectivity index (χ0v) is 19.9. The second kappa shape index (κ2) is 9.84. The maximum absolute atomic E-state index is 12.5. The average Bonchev–Trinajstić information content (AvgIpc) is 2.78. The molecule has 4 rings (SSSR count). The molecule has 2 aliphatic rings. The summed E-state index contributed by atoms with van der Waals surface area (Å²) in [6, 6.07) is 1.71. The van der Waals surface area contributed by atoms with Crippen molar-refractivity contribution >= 4 is 23.8 Å². The Morgan fingerprint density at radius 2 is 1.91 bits per heavy atom. The van der Waals surface area contributed by atoms with Gasteiger partial charge in [-0.05, 0) is 33.6 Å². The van der Waals surface area contributed by atoms with Gasteiger partial charge in [0.15, 0.2) is 0 Å². The molecule has 12 nitrogen and oxygen atoms in total. The fraction of sp³-hybridized carbons (Fsp3) is 0.591. The lowest BCUT2D eigenvalue weighted by Gasteiger charge is -2.34. The van der Waals surface area contributed by atoms with Crippen LogP contribution in [0.15, 0.2) is 12.3 Å². The van der Waals surface area contributed by atoms with Crippen molar-refractivity contribution in [2.45, 2.75) is 45.3 Å². The Morgan fingerprint density at radius 1 is 1.15 bits per heavy atom. The van der Waals surface area contributed by atoms with E-state index in [2.05, 4.69) is 19.9 Å². The molecule has 2 aromatic heterocycles. The lowest BCUT2D eigenvalue weighted by Crippen LogP contribution is -2.46. The number of carbonyl (C=O) groups excluding carboxylic acids is 1. The topological polar surface area (TPSA) is 155 Å². The van der Waals surface area contributed by atoms with E-state index in [1.165, 1.54) is 6.20 Å². The summed E-state index contributed by atoms with van der Waals surface area (Å²) in [5.74, 6) is 1.20. The first-order chi connectivity index (χ1) is 16.2. The molecule has 0 spiro atoms. The van der Waals surface area contributed by atoms with Crippen molar-refractivity contribution in [2.24, 2.45) is 0 Å². The molecule has 2 fully saturated rings. The van der Waals surface area contributed by atoms with Crippen molar-refractivity contribution in [1.82, 2.24) is 24.8 Å². The fourth-order valence-electron chi connectivity index (χ4n) is 3.82. The highest BCUT2D eigenvalue weighted by atomic mass is 16.6. The third kappa shape index (κ3) is 5.93. The minimum absolute atomic E-state index is 0.0876. The van der Waals surface area contributed by atoms with E-state index in [-0.39, 0.29) is 24.0 Å². The maximum Gasteiger partial charge on any atom is 0.410 e. The first-order valence-electron chi connectivity index (χ1n) is 11.4. The zero-order valence-electron chi connectivity index (χ0n) is 19.9.